The smallest absolute Gasteiger partial charge is 0.354 e. The van der Waals surface area contributed by atoms with Gasteiger partial charge in [-0.15, -0.1) is 0 Å². The molecule has 0 bridgehead atoms. The maximum Gasteiger partial charge on any atom is 0.354 e. The summed E-state index contributed by atoms with van der Waals surface area (Å²) in [7, 11) is 0. The van der Waals surface area contributed by atoms with E-state index >= 15 is 0 Å². The monoisotopic (exact) mass is 399 g/mol. The lowest BCUT2D eigenvalue weighted by Gasteiger charge is -2.07. The molecular formula is C19H11Cl2N3O3. The fraction of sp³-hybridized carbons (Fsp3) is 0. The second-order valence-electron chi connectivity index (χ2n) is 5.66. The van der Waals surface area contributed by atoms with Crippen LogP contribution < -0.4 is 4.74 Å². The van der Waals surface area contributed by atoms with E-state index in [2.05, 4.69) is 15.0 Å². The molecule has 2 aromatic heterocycles. The van der Waals surface area contributed by atoms with E-state index < -0.39 is 5.97 Å². The Morgan fingerprint density at radius 2 is 1.67 bits per heavy atom. The second kappa shape index (κ2) is 6.90. The minimum absolute atomic E-state index is 0.0501. The molecule has 0 aliphatic rings. The van der Waals surface area contributed by atoms with Gasteiger partial charge in [0.1, 0.15) is 17.3 Å². The summed E-state index contributed by atoms with van der Waals surface area (Å²) < 4.78 is 5.75. The summed E-state index contributed by atoms with van der Waals surface area (Å²) in [5, 5.41) is 9.90. The number of carboxylic acids is 1. The van der Waals surface area contributed by atoms with Crippen molar-refractivity contribution < 1.29 is 14.6 Å². The Hall–Kier alpha value is -3.09. The third-order valence-electron chi connectivity index (χ3n) is 3.82. The zero-order valence-electron chi connectivity index (χ0n) is 13.6. The average Bonchev–Trinajstić information content (AvgIpc) is 3.08. The van der Waals surface area contributed by atoms with E-state index in [0.717, 1.165) is 5.56 Å². The summed E-state index contributed by atoms with van der Waals surface area (Å²) in [5.41, 5.74) is 1.77. The van der Waals surface area contributed by atoms with Crippen LogP contribution >= 0.6 is 23.2 Å². The van der Waals surface area contributed by atoms with Crippen molar-refractivity contribution in [2.45, 2.75) is 0 Å². The number of nitrogens with one attached hydrogen (secondary N) is 1. The van der Waals surface area contributed by atoms with Crippen molar-refractivity contribution >= 4 is 40.3 Å². The van der Waals surface area contributed by atoms with Crippen LogP contribution in [0.1, 0.15) is 10.5 Å². The SMILES string of the molecule is O=C(O)c1ccc2[nH]c(-c3ccc(Oc4ccc(Cl)c(Cl)c4)cc3)nc2n1. The molecule has 4 aromatic rings. The fourth-order valence-electron chi connectivity index (χ4n) is 2.51. The van der Waals surface area contributed by atoms with Crippen molar-refractivity contribution in [2.75, 3.05) is 0 Å². The van der Waals surface area contributed by atoms with E-state index in [1.165, 1.54) is 6.07 Å². The molecule has 0 radical (unpaired) electrons. The summed E-state index contributed by atoms with van der Waals surface area (Å²) in [4.78, 5) is 22.5. The highest BCUT2D eigenvalue weighted by Crippen LogP contribution is 2.30. The Morgan fingerprint density at radius 3 is 2.37 bits per heavy atom. The number of hydrogen-bond acceptors (Lipinski definition) is 4. The number of H-pyrrole nitrogens is 1. The largest absolute Gasteiger partial charge is 0.477 e. The van der Waals surface area contributed by atoms with Crippen LogP contribution in [0.4, 0.5) is 0 Å². The molecule has 4 rings (SSSR count). The molecule has 0 unspecified atom stereocenters. The molecule has 0 fully saturated rings. The highest BCUT2D eigenvalue weighted by atomic mass is 35.5. The van der Waals surface area contributed by atoms with Crippen molar-refractivity contribution in [3.05, 3.63) is 70.3 Å². The number of imidazole rings is 1. The van der Waals surface area contributed by atoms with Crippen molar-refractivity contribution in [1.82, 2.24) is 15.0 Å². The minimum atomic E-state index is -1.09. The lowest BCUT2D eigenvalue weighted by molar-refractivity contribution is 0.0691. The Bertz CT molecular complexity index is 1160. The first kappa shape index (κ1) is 17.3. The minimum Gasteiger partial charge on any atom is -0.477 e. The molecule has 0 atom stereocenters. The molecule has 0 saturated carbocycles. The van der Waals surface area contributed by atoms with Crippen LogP contribution in [0.25, 0.3) is 22.6 Å². The Morgan fingerprint density at radius 1 is 0.926 bits per heavy atom. The van der Waals surface area contributed by atoms with E-state index in [1.807, 2.05) is 12.1 Å². The van der Waals surface area contributed by atoms with Crippen molar-refractivity contribution in [1.29, 1.82) is 0 Å². The number of hydrogen-bond donors (Lipinski definition) is 2. The van der Waals surface area contributed by atoms with Crippen molar-refractivity contribution in [2.24, 2.45) is 0 Å². The lowest BCUT2D eigenvalue weighted by Crippen LogP contribution is -1.99. The zero-order valence-corrected chi connectivity index (χ0v) is 15.1. The number of halogens is 2. The molecule has 27 heavy (non-hydrogen) atoms. The molecule has 0 aliphatic heterocycles. The van der Waals surface area contributed by atoms with Gasteiger partial charge in [-0.25, -0.2) is 14.8 Å². The maximum atomic E-state index is 11.0. The van der Waals surface area contributed by atoms with Crippen molar-refractivity contribution in [3.63, 3.8) is 0 Å². The molecule has 2 heterocycles. The van der Waals surface area contributed by atoms with Crippen molar-refractivity contribution in [3.8, 4) is 22.9 Å². The lowest BCUT2D eigenvalue weighted by atomic mass is 10.2. The van der Waals surface area contributed by atoms with Gasteiger partial charge in [0, 0.05) is 11.6 Å². The number of nitrogens with zero attached hydrogens (tertiary/aromatic N) is 2. The van der Waals surface area contributed by atoms with Gasteiger partial charge in [-0.1, -0.05) is 23.2 Å². The normalized spacial score (nSPS) is 10.9. The maximum absolute atomic E-state index is 11.0. The number of pyridine rings is 1. The summed E-state index contributed by atoms with van der Waals surface area (Å²) >= 11 is 11.9. The Kier molecular flexibility index (Phi) is 4.43. The summed E-state index contributed by atoms with van der Waals surface area (Å²) in [6.07, 6.45) is 0. The number of benzene rings is 2. The van der Waals surface area contributed by atoms with Gasteiger partial charge in [0.2, 0.25) is 0 Å². The molecule has 6 nitrogen and oxygen atoms in total. The van der Waals surface area contributed by atoms with Gasteiger partial charge in [-0.2, -0.15) is 0 Å². The number of fused-ring (bicyclic) bond motifs is 1. The highest BCUT2D eigenvalue weighted by molar-refractivity contribution is 6.42. The first-order valence-corrected chi connectivity index (χ1v) is 8.58. The first-order valence-electron chi connectivity index (χ1n) is 7.83. The van der Waals surface area contributed by atoms with Crippen LogP contribution in [0.3, 0.4) is 0 Å². The molecule has 8 heteroatoms. The topological polar surface area (TPSA) is 88.1 Å². The van der Waals surface area contributed by atoms with Gasteiger partial charge in [0.05, 0.1) is 15.6 Å². The number of rotatable bonds is 4. The molecule has 2 N–H and O–H groups in total. The molecule has 2 aromatic carbocycles. The van der Waals surface area contributed by atoms with Gasteiger partial charge in [0.25, 0.3) is 0 Å². The molecule has 0 amide bonds. The molecule has 0 spiro atoms. The molecule has 0 saturated heterocycles. The quantitative estimate of drug-likeness (QED) is 0.478. The van der Waals surface area contributed by atoms with E-state index in [4.69, 9.17) is 33.0 Å². The van der Waals surface area contributed by atoms with E-state index in [9.17, 15) is 4.79 Å². The zero-order chi connectivity index (χ0) is 19.0. The van der Waals surface area contributed by atoms with Gasteiger partial charge in [-0.3, -0.25) is 0 Å². The van der Waals surface area contributed by atoms with E-state index in [0.29, 0.717) is 38.5 Å². The molecule has 134 valence electrons. The van der Waals surface area contributed by atoms with Gasteiger partial charge >= 0.3 is 5.97 Å². The average molecular weight is 400 g/mol. The summed E-state index contributed by atoms with van der Waals surface area (Å²) in [6, 6.07) is 15.4. The summed E-state index contributed by atoms with van der Waals surface area (Å²) in [6.45, 7) is 0. The third kappa shape index (κ3) is 3.58. The number of carbonyl (C=O) groups is 1. The standard InChI is InChI=1S/C19H11Cl2N3O3/c20-13-6-5-12(9-14(13)21)27-11-3-1-10(2-4-11)17-22-15-7-8-16(19(25)26)23-18(15)24-17/h1-9H,(H,25,26)(H,22,23,24). The van der Waals surface area contributed by atoms with Gasteiger partial charge in [-0.05, 0) is 48.5 Å². The Labute approximate surface area is 163 Å². The summed E-state index contributed by atoms with van der Waals surface area (Å²) in [5.74, 6) is 0.692. The highest BCUT2D eigenvalue weighted by Gasteiger charge is 2.11. The predicted molar refractivity (Wildman–Crippen MR) is 103 cm³/mol. The van der Waals surface area contributed by atoms with Crippen LogP contribution in [-0.2, 0) is 0 Å². The number of ether oxygens (including phenoxy) is 1. The van der Waals surface area contributed by atoms with Crippen LogP contribution in [0.5, 0.6) is 11.5 Å². The number of carboxylic acid groups (broad SMARTS) is 1. The third-order valence-corrected chi connectivity index (χ3v) is 4.56. The number of aromatic carboxylic acids is 1. The first-order chi connectivity index (χ1) is 13.0. The predicted octanol–water partition coefficient (Wildman–Crippen LogP) is 5.42. The second-order valence-corrected chi connectivity index (χ2v) is 6.47. The van der Waals surface area contributed by atoms with E-state index in [1.54, 1.807) is 36.4 Å². The fourth-order valence-corrected chi connectivity index (χ4v) is 2.79. The van der Waals surface area contributed by atoms with E-state index in [-0.39, 0.29) is 5.69 Å². The van der Waals surface area contributed by atoms with Gasteiger partial charge < -0.3 is 14.8 Å². The van der Waals surface area contributed by atoms with Crippen LogP contribution in [0.2, 0.25) is 10.0 Å². The van der Waals surface area contributed by atoms with Crippen LogP contribution in [-0.4, -0.2) is 26.0 Å². The van der Waals surface area contributed by atoms with Crippen LogP contribution in [0.15, 0.2) is 54.6 Å². The van der Waals surface area contributed by atoms with Gasteiger partial charge in [0.15, 0.2) is 11.3 Å². The van der Waals surface area contributed by atoms with Crippen LogP contribution in [0, 0.1) is 0 Å². The Balaban J connectivity index is 1.59. The number of aromatic nitrogens is 3. The molecular weight excluding hydrogens is 389 g/mol. The molecule has 0 aliphatic carbocycles. The number of aromatic amines is 1.